The number of tetrazole rings is 1. The second-order valence-corrected chi connectivity index (χ2v) is 4.74. The second-order valence-electron chi connectivity index (χ2n) is 4.74. The maximum Gasteiger partial charge on any atom is 0.341 e. The molecule has 0 spiro atoms. The van der Waals surface area contributed by atoms with Gasteiger partial charge in [0, 0.05) is 5.92 Å². The normalized spacial score (nSPS) is 12.0. The molecule has 1 atom stereocenters. The fourth-order valence-electron chi connectivity index (χ4n) is 1.72. The average molecular weight is 326 g/mol. The molecule has 2 aromatic rings. The molecule has 0 aliphatic carbocycles. The number of carboxylic acids is 1. The molecule has 0 amide bonds. The standard InChI is InChI=1S/C13H12F2N4O4/c1-7(5-11(21)22)10(20)6-19-13(16-17-18-19)23-12-8(14)3-2-4-9(12)15/h2-4,7H,5-6H2,1H3,(H,21,22). The summed E-state index contributed by atoms with van der Waals surface area (Å²) in [7, 11) is 0. The zero-order valence-electron chi connectivity index (χ0n) is 11.9. The van der Waals surface area contributed by atoms with Crippen LogP contribution in [0.1, 0.15) is 13.3 Å². The van der Waals surface area contributed by atoms with Crippen molar-refractivity contribution in [2.45, 2.75) is 19.9 Å². The highest BCUT2D eigenvalue weighted by Gasteiger charge is 2.21. The van der Waals surface area contributed by atoms with Crippen LogP contribution in [0, 0.1) is 17.6 Å². The van der Waals surface area contributed by atoms with Gasteiger partial charge in [-0.25, -0.2) is 8.78 Å². The molecular weight excluding hydrogens is 314 g/mol. The minimum absolute atomic E-state index is 0.348. The quantitative estimate of drug-likeness (QED) is 0.820. The van der Waals surface area contributed by atoms with Gasteiger partial charge in [0.2, 0.25) is 5.75 Å². The lowest BCUT2D eigenvalue weighted by molar-refractivity contribution is -0.140. The van der Waals surface area contributed by atoms with Gasteiger partial charge in [-0.3, -0.25) is 9.59 Å². The molecule has 1 heterocycles. The number of aliphatic carboxylic acids is 1. The van der Waals surface area contributed by atoms with E-state index in [-0.39, 0.29) is 19.0 Å². The van der Waals surface area contributed by atoms with Gasteiger partial charge in [-0.05, 0) is 22.6 Å². The molecule has 0 aliphatic rings. The molecule has 0 bridgehead atoms. The molecule has 0 aliphatic heterocycles. The Morgan fingerprint density at radius 3 is 2.61 bits per heavy atom. The molecule has 2 rings (SSSR count). The third kappa shape index (κ3) is 4.05. The fourth-order valence-corrected chi connectivity index (χ4v) is 1.72. The summed E-state index contributed by atoms with van der Waals surface area (Å²) in [5.41, 5.74) is 0. The van der Waals surface area contributed by atoms with E-state index in [0.29, 0.717) is 0 Å². The lowest BCUT2D eigenvalue weighted by atomic mass is 10.0. The minimum atomic E-state index is -1.12. The van der Waals surface area contributed by atoms with Crippen LogP contribution in [0.25, 0.3) is 0 Å². The summed E-state index contributed by atoms with van der Waals surface area (Å²) in [6, 6.07) is 2.77. The molecule has 1 N–H and O–H groups in total. The number of carbonyl (C=O) groups excluding carboxylic acids is 1. The van der Waals surface area contributed by atoms with E-state index in [1.807, 2.05) is 0 Å². The number of aromatic nitrogens is 4. The van der Waals surface area contributed by atoms with Crippen molar-refractivity contribution in [3.63, 3.8) is 0 Å². The molecule has 0 fully saturated rings. The Bertz CT molecular complexity index is 714. The first kappa shape index (κ1) is 16.5. The van der Waals surface area contributed by atoms with E-state index in [0.717, 1.165) is 22.9 Å². The third-order valence-corrected chi connectivity index (χ3v) is 2.95. The number of para-hydroxylation sites is 1. The van der Waals surface area contributed by atoms with E-state index in [4.69, 9.17) is 9.84 Å². The highest BCUT2D eigenvalue weighted by molar-refractivity contribution is 5.84. The number of hydrogen-bond acceptors (Lipinski definition) is 6. The lowest BCUT2D eigenvalue weighted by Gasteiger charge is -2.09. The van der Waals surface area contributed by atoms with Crippen LogP contribution in [0.2, 0.25) is 0 Å². The Balaban J connectivity index is 2.14. The lowest BCUT2D eigenvalue weighted by Crippen LogP contribution is -2.21. The molecule has 122 valence electrons. The van der Waals surface area contributed by atoms with Crippen molar-refractivity contribution in [2.24, 2.45) is 5.92 Å². The number of halogens is 2. The molecule has 0 saturated heterocycles. The highest BCUT2D eigenvalue weighted by Crippen LogP contribution is 2.25. The molecular formula is C13H12F2N4O4. The van der Waals surface area contributed by atoms with Crippen LogP contribution in [0.3, 0.4) is 0 Å². The van der Waals surface area contributed by atoms with Crippen LogP contribution < -0.4 is 4.74 Å². The van der Waals surface area contributed by atoms with Gasteiger partial charge in [0.25, 0.3) is 0 Å². The Morgan fingerprint density at radius 1 is 1.35 bits per heavy atom. The zero-order chi connectivity index (χ0) is 17.0. The van der Waals surface area contributed by atoms with Crippen molar-refractivity contribution in [2.75, 3.05) is 0 Å². The van der Waals surface area contributed by atoms with Crippen molar-refractivity contribution in [3.05, 3.63) is 29.8 Å². The van der Waals surface area contributed by atoms with Crippen molar-refractivity contribution < 1.29 is 28.2 Å². The summed E-state index contributed by atoms with van der Waals surface area (Å²) in [6.07, 6.45) is -0.348. The third-order valence-electron chi connectivity index (χ3n) is 2.95. The number of ether oxygens (including phenoxy) is 1. The van der Waals surface area contributed by atoms with E-state index in [1.54, 1.807) is 0 Å². The van der Waals surface area contributed by atoms with Gasteiger partial charge in [0.05, 0.1) is 6.42 Å². The zero-order valence-corrected chi connectivity index (χ0v) is 11.9. The molecule has 10 heteroatoms. The molecule has 23 heavy (non-hydrogen) atoms. The van der Waals surface area contributed by atoms with Gasteiger partial charge >= 0.3 is 12.0 Å². The molecule has 8 nitrogen and oxygen atoms in total. The SMILES string of the molecule is CC(CC(=O)O)C(=O)Cn1nnnc1Oc1c(F)cccc1F. The van der Waals surface area contributed by atoms with Crippen LogP contribution in [0.15, 0.2) is 18.2 Å². The summed E-state index contributed by atoms with van der Waals surface area (Å²) in [5, 5.41) is 18.9. The van der Waals surface area contributed by atoms with Gasteiger partial charge in [-0.2, -0.15) is 4.68 Å². The van der Waals surface area contributed by atoms with E-state index in [9.17, 15) is 18.4 Å². The molecule has 0 saturated carbocycles. The maximum atomic E-state index is 13.5. The number of ketones is 1. The predicted octanol–water partition coefficient (Wildman–Crippen LogP) is 1.42. The first-order valence-corrected chi connectivity index (χ1v) is 6.51. The Morgan fingerprint density at radius 2 is 2.00 bits per heavy atom. The summed E-state index contributed by atoms with van der Waals surface area (Å²) >= 11 is 0. The van der Waals surface area contributed by atoms with E-state index >= 15 is 0 Å². The van der Waals surface area contributed by atoms with Crippen LogP contribution in [0.5, 0.6) is 11.8 Å². The molecule has 0 radical (unpaired) electrons. The minimum Gasteiger partial charge on any atom is -0.481 e. The smallest absolute Gasteiger partial charge is 0.341 e. The summed E-state index contributed by atoms with van der Waals surface area (Å²) in [5.74, 6) is -4.95. The first-order chi connectivity index (χ1) is 10.9. The van der Waals surface area contributed by atoms with Crippen LogP contribution in [-0.2, 0) is 16.1 Å². The van der Waals surface area contributed by atoms with Crippen molar-refractivity contribution in [1.82, 2.24) is 20.2 Å². The number of carbonyl (C=O) groups is 2. The summed E-state index contributed by atoms with van der Waals surface area (Å²) in [4.78, 5) is 22.5. The molecule has 1 unspecified atom stereocenters. The number of rotatable bonds is 7. The van der Waals surface area contributed by atoms with Crippen molar-refractivity contribution in [1.29, 1.82) is 0 Å². The first-order valence-electron chi connectivity index (χ1n) is 6.51. The monoisotopic (exact) mass is 326 g/mol. The van der Waals surface area contributed by atoms with Gasteiger partial charge in [-0.15, -0.1) is 0 Å². The Labute approximate surface area is 128 Å². The van der Waals surface area contributed by atoms with Crippen LogP contribution in [0.4, 0.5) is 8.78 Å². The van der Waals surface area contributed by atoms with E-state index in [1.165, 1.54) is 6.92 Å². The second kappa shape index (κ2) is 6.90. The topological polar surface area (TPSA) is 107 Å². The van der Waals surface area contributed by atoms with Gasteiger partial charge < -0.3 is 9.84 Å². The number of hydrogen-bond donors (Lipinski definition) is 1. The van der Waals surface area contributed by atoms with Crippen molar-refractivity contribution >= 4 is 11.8 Å². The van der Waals surface area contributed by atoms with Gasteiger partial charge in [-0.1, -0.05) is 18.1 Å². The summed E-state index contributed by atoms with van der Waals surface area (Å²) < 4.78 is 32.9. The van der Waals surface area contributed by atoms with Crippen LogP contribution in [-0.4, -0.2) is 37.1 Å². The van der Waals surface area contributed by atoms with Crippen molar-refractivity contribution in [3.8, 4) is 11.8 Å². The number of benzene rings is 1. The largest absolute Gasteiger partial charge is 0.481 e. The number of Topliss-reactive ketones (excluding diaryl/α,β-unsaturated/α-hetero) is 1. The average Bonchev–Trinajstić information content (AvgIpc) is 2.89. The van der Waals surface area contributed by atoms with Gasteiger partial charge in [0.1, 0.15) is 6.54 Å². The van der Waals surface area contributed by atoms with Gasteiger partial charge in [0.15, 0.2) is 17.4 Å². The maximum absolute atomic E-state index is 13.5. The van der Waals surface area contributed by atoms with Crippen LogP contribution >= 0.6 is 0 Å². The molecule has 1 aromatic heterocycles. The number of nitrogens with zero attached hydrogens (tertiary/aromatic N) is 4. The Kier molecular flexibility index (Phi) is 4.94. The van der Waals surface area contributed by atoms with E-state index < -0.39 is 35.1 Å². The molecule has 1 aromatic carbocycles. The Hall–Kier alpha value is -2.91. The summed E-state index contributed by atoms with van der Waals surface area (Å²) in [6.45, 7) is 1.06. The predicted molar refractivity (Wildman–Crippen MR) is 70.7 cm³/mol. The highest BCUT2D eigenvalue weighted by atomic mass is 19.1. The number of carboxylic acid groups (broad SMARTS) is 1. The van der Waals surface area contributed by atoms with E-state index in [2.05, 4.69) is 15.5 Å². The fraction of sp³-hybridized carbons (Fsp3) is 0.308.